The van der Waals surface area contributed by atoms with E-state index in [2.05, 4.69) is 4.98 Å². The van der Waals surface area contributed by atoms with Crippen LogP contribution in [0, 0.1) is 29.4 Å². The summed E-state index contributed by atoms with van der Waals surface area (Å²) in [4.78, 5) is 4.00. The van der Waals surface area contributed by atoms with E-state index in [4.69, 9.17) is 0 Å². The van der Waals surface area contributed by atoms with Crippen molar-refractivity contribution in [1.82, 2.24) is 4.98 Å². The van der Waals surface area contributed by atoms with E-state index in [1.165, 1.54) is 4.90 Å². The Bertz CT molecular complexity index is 433. The molecule has 1 heterocycles. The van der Waals surface area contributed by atoms with E-state index in [9.17, 15) is 17.6 Å². The Labute approximate surface area is 116 Å². The fourth-order valence-corrected chi connectivity index (χ4v) is 2.27. The zero-order chi connectivity index (χ0) is 15.4. The summed E-state index contributed by atoms with van der Waals surface area (Å²) in [5, 5.41) is 0. The van der Waals surface area contributed by atoms with Crippen LogP contribution < -0.4 is 4.90 Å². The predicted molar refractivity (Wildman–Crippen MR) is 70.6 cm³/mol. The highest BCUT2D eigenvalue weighted by Crippen LogP contribution is 2.30. The van der Waals surface area contributed by atoms with Crippen molar-refractivity contribution in [3.8, 4) is 0 Å². The van der Waals surface area contributed by atoms with Gasteiger partial charge in [0.1, 0.15) is 5.69 Å². The molecule has 0 amide bonds. The molecule has 0 N–H and O–H groups in total. The number of anilines is 1. The summed E-state index contributed by atoms with van der Waals surface area (Å²) in [5.41, 5.74) is -0.655. The van der Waals surface area contributed by atoms with E-state index >= 15 is 0 Å². The SMILES string of the molecule is CCC(CC)N(CC(C)C)c1c(F)c(F)nc(F)c1F. The minimum atomic E-state index is -1.61. The van der Waals surface area contributed by atoms with Crippen LogP contribution in [0.5, 0.6) is 0 Å². The van der Waals surface area contributed by atoms with Crippen molar-refractivity contribution in [3.63, 3.8) is 0 Å². The molecule has 1 rings (SSSR count). The highest BCUT2D eigenvalue weighted by atomic mass is 19.2. The number of hydrogen-bond acceptors (Lipinski definition) is 2. The van der Waals surface area contributed by atoms with Crippen LogP contribution in [0.3, 0.4) is 0 Å². The number of rotatable bonds is 6. The van der Waals surface area contributed by atoms with Gasteiger partial charge < -0.3 is 4.90 Å². The van der Waals surface area contributed by atoms with Crippen LogP contribution in [0.1, 0.15) is 40.5 Å². The lowest BCUT2D eigenvalue weighted by molar-refractivity contribution is 0.395. The summed E-state index contributed by atoms with van der Waals surface area (Å²) in [7, 11) is 0. The van der Waals surface area contributed by atoms with Crippen molar-refractivity contribution in [2.75, 3.05) is 11.4 Å². The van der Waals surface area contributed by atoms with Gasteiger partial charge in [0.05, 0.1) is 0 Å². The summed E-state index contributed by atoms with van der Waals surface area (Å²) in [6.45, 7) is 7.79. The molecule has 6 heteroatoms. The topological polar surface area (TPSA) is 16.1 Å². The Morgan fingerprint density at radius 2 is 1.40 bits per heavy atom. The molecule has 0 saturated heterocycles. The monoisotopic (exact) mass is 292 g/mol. The van der Waals surface area contributed by atoms with Gasteiger partial charge in [-0.1, -0.05) is 27.7 Å². The van der Waals surface area contributed by atoms with E-state index < -0.39 is 29.2 Å². The summed E-state index contributed by atoms with van der Waals surface area (Å²) in [6.07, 6.45) is 1.24. The van der Waals surface area contributed by atoms with E-state index in [1.54, 1.807) is 0 Å². The molecule has 2 nitrogen and oxygen atoms in total. The first kappa shape index (κ1) is 16.7. The van der Waals surface area contributed by atoms with Crippen LogP contribution in [-0.2, 0) is 0 Å². The second kappa shape index (κ2) is 6.90. The van der Waals surface area contributed by atoms with Gasteiger partial charge in [-0.25, -0.2) is 0 Å². The van der Waals surface area contributed by atoms with Crippen LogP contribution in [-0.4, -0.2) is 17.6 Å². The van der Waals surface area contributed by atoms with Crippen molar-refractivity contribution < 1.29 is 17.6 Å². The van der Waals surface area contributed by atoms with Crippen molar-refractivity contribution in [2.45, 2.75) is 46.6 Å². The second-order valence-electron chi connectivity index (χ2n) is 5.19. The molecule has 114 valence electrons. The molecule has 20 heavy (non-hydrogen) atoms. The van der Waals surface area contributed by atoms with Gasteiger partial charge in [0.15, 0.2) is 0 Å². The Morgan fingerprint density at radius 1 is 0.950 bits per heavy atom. The molecule has 1 aromatic rings. The number of hydrogen-bond donors (Lipinski definition) is 0. The lowest BCUT2D eigenvalue weighted by Gasteiger charge is -2.34. The average Bonchev–Trinajstić information content (AvgIpc) is 2.37. The molecule has 0 spiro atoms. The average molecular weight is 292 g/mol. The van der Waals surface area contributed by atoms with Crippen molar-refractivity contribution >= 4 is 5.69 Å². The number of pyridine rings is 1. The maximum atomic E-state index is 13.9. The van der Waals surface area contributed by atoms with Gasteiger partial charge in [0.2, 0.25) is 11.6 Å². The lowest BCUT2D eigenvalue weighted by atomic mass is 10.1. The minimum Gasteiger partial charge on any atom is -0.363 e. The molecule has 0 aliphatic rings. The Balaban J connectivity index is 3.40. The third-order valence-corrected chi connectivity index (χ3v) is 3.21. The highest BCUT2D eigenvalue weighted by molar-refractivity contribution is 5.49. The van der Waals surface area contributed by atoms with Gasteiger partial charge >= 0.3 is 0 Å². The fraction of sp³-hybridized carbons (Fsp3) is 0.643. The molecular weight excluding hydrogens is 272 g/mol. The summed E-state index contributed by atoms with van der Waals surface area (Å²) in [6, 6.07) is -0.192. The van der Waals surface area contributed by atoms with Gasteiger partial charge in [-0.15, -0.1) is 0 Å². The Kier molecular flexibility index (Phi) is 5.77. The van der Waals surface area contributed by atoms with Gasteiger partial charge in [0, 0.05) is 12.6 Å². The van der Waals surface area contributed by atoms with Crippen molar-refractivity contribution in [3.05, 3.63) is 23.5 Å². The molecular formula is C14H20F4N2. The lowest BCUT2D eigenvalue weighted by Crippen LogP contribution is -2.39. The Hall–Kier alpha value is -1.33. The van der Waals surface area contributed by atoms with Crippen molar-refractivity contribution in [1.29, 1.82) is 0 Å². The fourth-order valence-electron chi connectivity index (χ4n) is 2.27. The van der Waals surface area contributed by atoms with Crippen molar-refractivity contribution in [2.24, 2.45) is 5.92 Å². The molecule has 0 aliphatic heterocycles. The first-order valence-corrected chi connectivity index (χ1v) is 6.79. The van der Waals surface area contributed by atoms with Crippen LogP contribution >= 0.6 is 0 Å². The van der Waals surface area contributed by atoms with E-state index in [0.717, 1.165) is 0 Å². The molecule has 0 atom stereocenters. The zero-order valence-electron chi connectivity index (χ0n) is 12.2. The standard InChI is InChI=1S/C14H20F4N2/c1-5-9(6-2)20(7-8(3)4)12-10(15)13(17)19-14(18)11(12)16/h8-9H,5-7H2,1-4H3. The highest BCUT2D eigenvalue weighted by Gasteiger charge is 2.28. The van der Waals surface area contributed by atoms with Gasteiger partial charge in [-0.05, 0) is 18.8 Å². The predicted octanol–water partition coefficient (Wildman–Crippen LogP) is 4.29. The normalized spacial score (nSPS) is 11.5. The smallest absolute Gasteiger partial charge is 0.253 e. The molecule has 0 saturated carbocycles. The molecule has 0 bridgehead atoms. The summed E-state index contributed by atoms with van der Waals surface area (Å²) in [5.74, 6) is -6.00. The third kappa shape index (κ3) is 3.41. The number of aromatic nitrogens is 1. The van der Waals surface area contributed by atoms with E-state index in [0.29, 0.717) is 19.4 Å². The van der Waals surface area contributed by atoms with Crippen LogP contribution in [0.2, 0.25) is 0 Å². The summed E-state index contributed by atoms with van der Waals surface area (Å²) >= 11 is 0. The van der Waals surface area contributed by atoms with Crippen LogP contribution in [0.15, 0.2) is 0 Å². The van der Waals surface area contributed by atoms with Crippen LogP contribution in [0.4, 0.5) is 23.2 Å². The molecule has 1 aromatic heterocycles. The molecule has 0 aliphatic carbocycles. The maximum Gasteiger partial charge on any atom is 0.253 e. The molecule has 0 aromatic carbocycles. The largest absolute Gasteiger partial charge is 0.363 e. The quantitative estimate of drug-likeness (QED) is 0.574. The first-order valence-electron chi connectivity index (χ1n) is 6.79. The molecule has 0 fully saturated rings. The summed E-state index contributed by atoms with van der Waals surface area (Å²) < 4.78 is 54.3. The van der Waals surface area contributed by atoms with E-state index in [1.807, 2.05) is 27.7 Å². The number of nitrogens with zero attached hydrogens (tertiary/aromatic N) is 2. The third-order valence-electron chi connectivity index (χ3n) is 3.21. The van der Waals surface area contributed by atoms with Gasteiger partial charge in [-0.2, -0.15) is 22.5 Å². The second-order valence-corrected chi connectivity index (χ2v) is 5.19. The first-order chi connectivity index (χ1) is 9.33. The van der Waals surface area contributed by atoms with Gasteiger partial charge in [-0.3, -0.25) is 0 Å². The van der Waals surface area contributed by atoms with Crippen LogP contribution in [0.25, 0.3) is 0 Å². The minimum absolute atomic E-state index is 0.0914. The zero-order valence-corrected chi connectivity index (χ0v) is 12.2. The molecule has 0 radical (unpaired) electrons. The maximum absolute atomic E-state index is 13.9. The molecule has 0 unspecified atom stereocenters. The van der Waals surface area contributed by atoms with E-state index in [-0.39, 0.29) is 12.0 Å². The Morgan fingerprint density at radius 3 is 1.75 bits per heavy atom. The van der Waals surface area contributed by atoms with Gasteiger partial charge in [0.25, 0.3) is 11.9 Å². The number of halogens is 4.